The average Bonchev–Trinajstić information content (AvgIpc) is 2.32. The minimum absolute atomic E-state index is 0.169. The molecule has 1 aliphatic rings. The molecule has 0 aromatic carbocycles. The second-order valence-corrected chi connectivity index (χ2v) is 4.31. The van der Waals surface area contributed by atoms with Crippen LogP contribution < -0.4 is 10.6 Å². The van der Waals surface area contributed by atoms with E-state index in [2.05, 4.69) is 15.6 Å². The van der Waals surface area contributed by atoms with E-state index in [0.29, 0.717) is 0 Å². The van der Waals surface area contributed by atoms with Crippen LogP contribution in [0.2, 0.25) is 0 Å². The van der Waals surface area contributed by atoms with Gasteiger partial charge in [-0.2, -0.15) is 0 Å². The molecule has 1 aromatic rings. The average molecular weight is 221 g/mol. The van der Waals surface area contributed by atoms with Gasteiger partial charge in [-0.1, -0.05) is 12.8 Å². The van der Waals surface area contributed by atoms with Crippen LogP contribution in [0.25, 0.3) is 0 Å². The Kier molecular flexibility index (Phi) is 3.62. The lowest BCUT2D eigenvalue weighted by Crippen LogP contribution is -2.36. The first-order chi connectivity index (χ1) is 7.79. The fraction of sp³-hybridized carbons (Fsp3) is 0.583. The number of anilines is 2. The number of hydrogen-bond donors (Lipinski definition) is 3. The zero-order chi connectivity index (χ0) is 11.4. The van der Waals surface area contributed by atoms with Gasteiger partial charge in [0.2, 0.25) is 0 Å². The molecule has 2 atom stereocenters. The molecule has 16 heavy (non-hydrogen) atoms. The fourth-order valence-corrected chi connectivity index (χ4v) is 2.15. The van der Waals surface area contributed by atoms with Gasteiger partial charge in [-0.25, -0.2) is 0 Å². The predicted octanol–water partition coefficient (Wildman–Crippen LogP) is 1.84. The molecular formula is C12H19N3O. The van der Waals surface area contributed by atoms with Crippen molar-refractivity contribution in [3.8, 4) is 0 Å². The fourth-order valence-electron chi connectivity index (χ4n) is 2.15. The van der Waals surface area contributed by atoms with Crippen molar-refractivity contribution >= 4 is 11.4 Å². The van der Waals surface area contributed by atoms with E-state index in [9.17, 15) is 5.11 Å². The van der Waals surface area contributed by atoms with Crippen molar-refractivity contribution in [3.63, 3.8) is 0 Å². The zero-order valence-corrected chi connectivity index (χ0v) is 9.61. The number of pyridine rings is 1. The molecule has 4 heteroatoms. The first-order valence-electron chi connectivity index (χ1n) is 5.87. The summed E-state index contributed by atoms with van der Waals surface area (Å²) in [5, 5.41) is 16.3. The highest BCUT2D eigenvalue weighted by Gasteiger charge is 2.22. The van der Waals surface area contributed by atoms with Gasteiger partial charge in [0.25, 0.3) is 0 Å². The van der Waals surface area contributed by atoms with E-state index in [1.807, 2.05) is 13.1 Å². The van der Waals surface area contributed by atoms with Crippen LogP contribution in [0, 0.1) is 0 Å². The zero-order valence-electron chi connectivity index (χ0n) is 9.61. The molecule has 0 spiro atoms. The third kappa shape index (κ3) is 2.64. The molecule has 0 saturated heterocycles. The summed E-state index contributed by atoms with van der Waals surface area (Å²) in [6, 6.07) is 2.18. The van der Waals surface area contributed by atoms with Crippen LogP contribution in [0.3, 0.4) is 0 Å². The van der Waals surface area contributed by atoms with Crippen LogP contribution in [0.4, 0.5) is 11.4 Å². The first kappa shape index (κ1) is 11.2. The summed E-state index contributed by atoms with van der Waals surface area (Å²) in [5.74, 6) is 0. The Morgan fingerprint density at radius 1 is 1.25 bits per heavy atom. The topological polar surface area (TPSA) is 57.2 Å². The molecule has 0 radical (unpaired) electrons. The number of aromatic nitrogens is 1. The Labute approximate surface area is 96.1 Å². The maximum Gasteiger partial charge on any atom is 0.0741 e. The number of nitrogens with zero attached hydrogens (tertiary/aromatic N) is 1. The number of aliphatic hydroxyl groups is 1. The molecule has 0 aliphatic heterocycles. The molecule has 1 aliphatic carbocycles. The van der Waals surface area contributed by atoms with Gasteiger partial charge < -0.3 is 15.7 Å². The number of nitrogens with one attached hydrogen (secondary N) is 2. The van der Waals surface area contributed by atoms with E-state index in [4.69, 9.17) is 0 Å². The summed E-state index contributed by atoms with van der Waals surface area (Å²) in [4.78, 5) is 4.14. The molecule has 1 aromatic heterocycles. The van der Waals surface area contributed by atoms with Crippen LogP contribution in [0.1, 0.15) is 25.7 Å². The highest BCUT2D eigenvalue weighted by atomic mass is 16.3. The SMILES string of the molecule is CNc1cncc(NC2CCCCC2O)c1. The summed E-state index contributed by atoms with van der Waals surface area (Å²) < 4.78 is 0. The third-order valence-electron chi connectivity index (χ3n) is 3.11. The number of rotatable bonds is 3. The molecule has 0 bridgehead atoms. The molecule has 88 valence electrons. The Hall–Kier alpha value is -1.29. The summed E-state index contributed by atoms with van der Waals surface area (Å²) in [6.07, 6.45) is 7.60. The summed E-state index contributed by atoms with van der Waals surface area (Å²) in [6.45, 7) is 0. The normalized spacial score (nSPS) is 25.1. The lowest BCUT2D eigenvalue weighted by molar-refractivity contribution is 0.116. The Morgan fingerprint density at radius 2 is 2.00 bits per heavy atom. The predicted molar refractivity (Wildman–Crippen MR) is 65.7 cm³/mol. The van der Waals surface area contributed by atoms with E-state index in [1.54, 1.807) is 12.4 Å². The maximum atomic E-state index is 9.86. The molecule has 3 N–H and O–H groups in total. The highest BCUT2D eigenvalue weighted by molar-refractivity contribution is 5.54. The van der Waals surface area contributed by atoms with Crippen LogP contribution >= 0.6 is 0 Å². The van der Waals surface area contributed by atoms with E-state index < -0.39 is 0 Å². The van der Waals surface area contributed by atoms with Gasteiger partial charge >= 0.3 is 0 Å². The molecule has 4 nitrogen and oxygen atoms in total. The lowest BCUT2D eigenvalue weighted by atomic mass is 9.92. The van der Waals surface area contributed by atoms with E-state index in [-0.39, 0.29) is 12.1 Å². The Bertz CT molecular complexity index is 343. The Balaban J connectivity index is 2.01. The van der Waals surface area contributed by atoms with E-state index in [1.165, 1.54) is 6.42 Å². The summed E-state index contributed by atoms with van der Waals surface area (Å²) >= 11 is 0. The van der Waals surface area contributed by atoms with Crippen LogP contribution in [-0.4, -0.2) is 29.3 Å². The molecular weight excluding hydrogens is 202 g/mol. The molecule has 2 unspecified atom stereocenters. The number of aliphatic hydroxyl groups excluding tert-OH is 1. The number of hydrogen-bond acceptors (Lipinski definition) is 4. The summed E-state index contributed by atoms with van der Waals surface area (Å²) in [7, 11) is 1.87. The van der Waals surface area contributed by atoms with Crippen molar-refractivity contribution in [2.24, 2.45) is 0 Å². The quantitative estimate of drug-likeness (QED) is 0.729. The molecule has 0 amide bonds. The monoisotopic (exact) mass is 221 g/mol. The van der Waals surface area contributed by atoms with Gasteiger partial charge in [-0.15, -0.1) is 0 Å². The smallest absolute Gasteiger partial charge is 0.0741 e. The van der Waals surface area contributed by atoms with Crippen LogP contribution in [0.15, 0.2) is 18.5 Å². The summed E-state index contributed by atoms with van der Waals surface area (Å²) in [5.41, 5.74) is 1.95. The first-order valence-corrected chi connectivity index (χ1v) is 5.87. The van der Waals surface area contributed by atoms with Gasteiger partial charge in [-0.05, 0) is 18.9 Å². The minimum atomic E-state index is -0.230. The van der Waals surface area contributed by atoms with Crippen molar-refractivity contribution in [1.29, 1.82) is 0 Å². The van der Waals surface area contributed by atoms with Gasteiger partial charge in [0.15, 0.2) is 0 Å². The standard InChI is InChI=1S/C12H19N3O/c1-13-9-6-10(8-14-7-9)15-11-4-2-3-5-12(11)16/h6-8,11-13,15-16H,2-5H2,1H3. The van der Waals surface area contributed by atoms with Crippen molar-refractivity contribution in [1.82, 2.24) is 4.98 Å². The largest absolute Gasteiger partial charge is 0.391 e. The van der Waals surface area contributed by atoms with Crippen LogP contribution in [-0.2, 0) is 0 Å². The van der Waals surface area contributed by atoms with Gasteiger partial charge in [-0.3, -0.25) is 4.98 Å². The van der Waals surface area contributed by atoms with Crippen molar-refractivity contribution < 1.29 is 5.11 Å². The van der Waals surface area contributed by atoms with Crippen molar-refractivity contribution in [2.45, 2.75) is 37.8 Å². The molecule has 1 heterocycles. The van der Waals surface area contributed by atoms with E-state index in [0.717, 1.165) is 30.6 Å². The van der Waals surface area contributed by atoms with Crippen LogP contribution in [0.5, 0.6) is 0 Å². The molecule has 1 saturated carbocycles. The lowest BCUT2D eigenvalue weighted by Gasteiger charge is -2.29. The van der Waals surface area contributed by atoms with E-state index >= 15 is 0 Å². The Morgan fingerprint density at radius 3 is 2.75 bits per heavy atom. The minimum Gasteiger partial charge on any atom is -0.391 e. The van der Waals surface area contributed by atoms with Gasteiger partial charge in [0.1, 0.15) is 0 Å². The van der Waals surface area contributed by atoms with Gasteiger partial charge in [0, 0.05) is 7.05 Å². The molecule has 2 rings (SSSR count). The second kappa shape index (κ2) is 5.16. The molecule has 1 fully saturated rings. The second-order valence-electron chi connectivity index (χ2n) is 4.31. The third-order valence-corrected chi connectivity index (χ3v) is 3.11. The van der Waals surface area contributed by atoms with Crippen molar-refractivity contribution in [3.05, 3.63) is 18.5 Å². The van der Waals surface area contributed by atoms with Gasteiger partial charge in [0.05, 0.1) is 35.9 Å². The maximum absolute atomic E-state index is 9.86. The van der Waals surface area contributed by atoms with Crippen molar-refractivity contribution in [2.75, 3.05) is 17.7 Å². The highest BCUT2D eigenvalue weighted by Crippen LogP contribution is 2.22.